The van der Waals surface area contributed by atoms with Gasteiger partial charge in [0, 0.05) is 12.6 Å². The van der Waals surface area contributed by atoms with E-state index in [9.17, 15) is 8.42 Å². The number of hydrogen-bond donors (Lipinski definition) is 0. The topological polar surface area (TPSA) is 72.6 Å². The number of rotatable bonds is 5. The highest BCUT2D eigenvalue weighted by Gasteiger charge is 2.38. The number of sulfonamides is 1. The van der Waals surface area contributed by atoms with E-state index in [0.29, 0.717) is 24.4 Å². The average molecular weight is 364 g/mol. The second-order valence-electron chi connectivity index (χ2n) is 6.57. The van der Waals surface area contributed by atoms with E-state index in [0.717, 1.165) is 29.7 Å². The van der Waals surface area contributed by atoms with Crippen molar-refractivity contribution in [3.05, 3.63) is 40.8 Å². The Hall–Kier alpha value is -1.86. The average Bonchev–Trinajstić information content (AvgIpc) is 3.15. The molecule has 0 bridgehead atoms. The SMILES string of the molecule is COc1ccc(CC2CCCN2S(=O)(=O)c2c(C)noc2C)cc1C. The van der Waals surface area contributed by atoms with Crippen molar-refractivity contribution in [2.24, 2.45) is 0 Å². The van der Waals surface area contributed by atoms with Crippen molar-refractivity contribution in [1.82, 2.24) is 9.46 Å². The Morgan fingerprint density at radius 3 is 2.68 bits per heavy atom. The van der Waals surface area contributed by atoms with Gasteiger partial charge < -0.3 is 9.26 Å². The second kappa shape index (κ2) is 6.80. The molecule has 0 N–H and O–H groups in total. The van der Waals surface area contributed by atoms with E-state index in [1.54, 1.807) is 25.3 Å². The molecule has 0 spiro atoms. The highest BCUT2D eigenvalue weighted by atomic mass is 32.2. The lowest BCUT2D eigenvalue weighted by Crippen LogP contribution is -2.37. The quantitative estimate of drug-likeness (QED) is 0.815. The monoisotopic (exact) mass is 364 g/mol. The molecule has 2 heterocycles. The Morgan fingerprint density at radius 2 is 2.08 bits per heavy atom. The van der Waals surface area contributed by atoms with Gasteiger partial charge in [0.25, 0.3) is 0 Å². The van der Waals surface area contributed by atoms with Gasteiger partial charge in [0.2, 0.25) is 10.0 Å². The van der Waals surface area contributed by atoms with Crippen molar-refractivity contribution in [2.75, 3.05) is 13.7 Å². The summed E-state index contributed by atoms with van der Waals surface area (Å²) in [6.07, 6.45) is 2.41. The second-order valence-corrected chi connectivity index (χ2v) is 8.40. The van der Waals surface area contributed by atoms with Crippen LogP contribution in [-0.2, 0) is 16.4 Å². The van der Waals surface area contributed by atoms with Crippen LogP contribution in [0, 0.1) is 20.8 Å². The molecule has 25 heavy (non-hydrogen) atoms. The number of ether oxygens (including phenoxy) is 1. The van der Waals surface area contributed by atoms with Gasteiger partial charge in [0.15, 0.2) is 5.76 Å². The zero-order valence-electron chi connectivity index (χ0n) is 15.1. The Bertz CT molecular complexity index is 854. The van der Waals surface area contributed by atoms with Crippen LogP contribution in [-0.4, -0.2) is 37.6 Å². The number of nitrogens with zero attached hydrogens (tertiary/aromatic N) is 2. The molecule has 1 aromatic carbocycles. The Labute approximate surface area is 148 Å². The predicted molar refractivity (Wildman–Crippen MR) is 94.3 cm³/mol. The van der Waals surface area contributed by atoms with Gasteiger partial charge in [0.1, 0.15) is 16.3 Å². The van der Waals surface area contributed by atoms with Crippen LogP contribution in [0.2, 0.25) is 0 Å². The maximum Gasteiger partial charge on any atom is 0.248 e. The number of aryl methyl sites for hydroxylation is 3. The van der Waals surface area contributed by atoms with E-state index in [2.05, 4.69) is 11.2 Å². The number of hydrogen-bond acceptors (Lipinski definition) is 5. The van der Waals surface area contributed by atoms with Gasteiger partial charge in [-0.05, 0) is 57.2 Å². The first-order valence-electron chi connectivity index (χ1n) is 8.43. The molecule has 136 valence electrons. The lowest BCUT2D eigenvalue weighted by molar-refractivity contribution is 0.378. The van der Waals surface area contributed by atoms with E-state index >= 15 is 0 Å². The van der Waals surface area contributed by atoms with Gasteiger partial charge in [-0.1, -0.05) is 17.3 Å². The lowest BCUT2D eigenvalue weighted by Gasteiger charge is -2.24. The van der Waals surface area contributed by atoms with Crippen LogP contribution >= 0.6 is 0 Å². The van der Waals surface area contributed by atoms with E-state index in [4.69, 9.17) is 9.26 Å². The van der Waals surface area contributed by atoms with E-state index in [1.165, 1.54) is 0 Å². The molecular formula is C18H24N2O4S. The van der Waals surface area contributed by atoms with Gasteiger partial charge in [0.05, 0.1) is 7.11 Å². The smallest absolute Gasteiger partial charge is 0.248 e. The molecule has 0 radical (unpaired) electrons. The Morgan fingerprint density at radius 1 is 1.32 bits per heavy atom. The van der Waals surface area contributed by atoms with Crippen LogP contribution < -0.4 is 4.74 Å². The van der Waals surface area contributed by atoms with E-state index in [1.807, 2.05) is 19.1 Å². The lowest BCUT2D eigenvalue weighted by atomic mass is 10.0. The van der Waals surface area contributed by atoms with Crippen LogP contribution in [0.3, 0.4) is 0 Å². The minimum absolute atomic E-state index is 0.0495. The molecule has 1 fully saturated rings. The van der Waals surface area contributed by atoms with Crippen molar-refractivity contribution in [2.45, 2.75) is 51.0 Å². The number of aromatic nitrogens is 1. The standard InChI is InChI=1S/C18H24N2O4S/c1-12-10-15(7-8-17(12)23-4)11-16-6-5-9-20(16)25(21,22)18-13(2)19-24-14(18)3/h7-8,10,16H,5-6,9,11H2,1-4H3. The van der Waals surface area contributed by atoms with Crippen LogP contribution in [0.15, 0.2) is 27.6 Å². The van der Waals surface area contributed by atoms with Crippen LogP contribution in [0.25, 0.3) is 0 Å². The molecule has 3 rings (SSSR count). The summed E-state index contributed by atoms with van der Waals surface area (Å²) >= 11 is 0. The van der Waals surface area contributed by atoms with Gasteiger partial charge in [-0.3, -0.25) is 0 Å². The summed E-state index contributed by atoms with van der Waals surface area (Å²) in [5.41, 5.74) is 2.59. The van der Waals surface area contributed by atoms with Crippen molar-refractivity contribution in [3.63, 3.8) is 0 Å². The third-order valence-corrected chi connectivity index (χ3v) is 6.99. The van der Waals surface area contributed by atoms with Crippen molar-refractivity contribution >= 4 is 10.0 Å². The normalized spacial score (nSPS) is 18.6. The van der Waals surface area contributed by atoms with Gasteiger partial charge in [-0.2, -0.15) is 4.31 Å². The molecule has 1 aliphatic heterocycles. The fourth-order valence-corrected chi connectivity index (χ4v) is 5.62. The van der Waals surface area contributed by atoms with Crippen molar-refractivity contribution < 1.29 is 17.7 Å². The van der Waals surface area contributed by atoms with Gasteiger partial charge in [-0.25, -0.2) is 8.42 Å². The zero-order chi connectivity index (χ0) is 18.2. The first-order chi connectivity index (χ1) is 11.8. The fraction of sp³-hybridized carbons (Fsp3) is 0.500. The first-order valence-corrected chi connectivity index (χ1v) is 9.87. The summed E-state index contributed by atoms with van der Waals surface area (Å²) in [7, 11) is -1.95. The molecular weight excluding hydrogens is 340 g/mol. The molecule has 1 unspecified atom stereocenters. The van der Waals surface area contributed by atoms with Crippen molar-refractivity contribution in [3.8, 4) is 5.75 Å². The molecule has 2 aromatic rings. The van der Waals surface area contributed by atoms with Crippen LogP contribution in [0.4, 0.5) is 0 Å². The third-order valence-electron chi connectivity index (χ3n) is 4.79. The maximum atomic E-state index is 13.1. The van der Waals surface area contributed by atoms with E-state index < -0.39 is 10.0 Å². The fourth-order valence-electron chi connectivity index (χ4n) is 3.63. The molecule has 0 saturated carbocycles. The molecule has 1 aliphatic rings. The first kappa shape index (κ1) is 17.9. The molecule has 0 aliphatic carbocycles. The molecule has 7 heteroatoms. The third kappa shape index (κ3) is 3.30. The van der Waals surface area contributed by atoms with Crippen LogP contribution in [0.1, 0.15) is 35.4 Å². The Kier molecular flexibility index (Phi) is 4.88. The van der Waals surface area contributed by atoms with Crippen LogP contribution in [0.5, 0.6) is 5.75 Å². The Balaban J connectivity index is 1.87. The van der Waals surface area contributed by atoms with Crippen molar-refractivity contribution in [1.29, 1.82) is 0 Å². The van der Waals surface area contributed by atoms with Gasteiger partial charge >= 0.3 is 0 Å². The zero-order valence-corrected chi connectivity index (χ0v) is 15.9. The number of benzene rings is 1. The number of methoxy groups -OCH3 is 1. The largest absolute Gasteiger partial charge is 0.496 e. The summed E-state index contributed by atoms with van der Waals surface area (Å²) < 4.78 is 38.2. The highest BCUT2D eigenvalue weighted by molar-refractivity contribution is 7.89. The summed E-state index contributed by atoms with van der Waals surface area (Å²) in [5, 5.41) is 3.80. The van der Waals surface area contributed by atoms with Gasteiger partial charge in [-0.15, -0.1) is 0 Å². The maximum absolute atomic E-state index is 13.1. The highest BCUT2D eigenvalue weighted by Crippen LogP contribution is 2.31. The minimum atomic E-state index is -3.60. The molecule has 6 nitrogen and oxygen atoms in total. The summed E-state index contributed by atoms with van der Waals surface area (Å²) in [4.78, 5) is 0.213. The molecule has 1 aromatic heterocycles. The summed E-state index contributed by atoms with van der Waals surface area (Å²) in [5.74, 6) is 1.19. The molecule has 1 saturated heterocycles. The molecule has 1 atom stereocenters. The summed E-state index contributed by atoms with van der Waals surface area (Å²) in [6.45, 7) is 5.84. The minimum Gasteiger partial charge on any atom is -0.496 e. The molecule has 0 amide bonds. The van der Waals surface area contributed by atoms with E-state index in [-0.39, 0.29) is 10.9 Å². The predicted octanol–water partition coefficient (Wildman–Crippen LogP) is 3.00. The summed E-state index contributed by atoms with van der Waals surface area (Å²) in [6, 6.07) is 5.96.